The molecule has 0 bridgehead atoms. The highest BCUT2D eigenvalue weighted by atomic mass is 32.2. The first kappa shape index (κ1) is 19.3. The van der Waals surface area contributed by atoms with Crippen LogP contribution in [0.1, 0.15) is 11.7 Å². The molecule has 0 atom stereocenters. The third-order valence-electron chi connectivity index (χ3n) is 4.93. The minimum absolute atomic E-state index is 0.401. The van der Waals surface area contributed by atoms with Gasteiger partial charge in [-0.15, -0.1) is 10.2 Å². The molecule has 7 nitrogen and oxygen atoms in total. The summed E-state index contributed by atoms with van der Waals surface area (Å²) in [5, 5.41) is 13.5. The van der Waals surface area contributed by atoms with Crippen LogP contribution in [0.4, 0.5) is 0 Å². The summed E-state index contributed by atoms with van der Waals surface area (Å²) in [6.07, 6.45) is 1.88. The molecular weight excluding hydrogens is 410 g/mol. The number of imidazole rings is 1. The maximum Gasteiger partial charge on any atom is 0.253 e. The molecule has 0 N–H and O–H groups in total. The van der Waals surface area contributed by atoms with Crippen LogP contribution in [0.5, 0.6) is 0 Å². The van der Waals surface area contributed by atoms with Crippen molar-refractivity contribution >= 4 is 11.8 Å². The number of hydrogen-bond donors (Lipinski definition) is 0. The van der Waals surface area contributed by atoms with Crippen LogP contribution in [-0.2, 0) is 12.8 Å². The highest BCUT2D eigenvalue weighted by Gasteiger charge is 2.22. The van der Waals surface area contributed by atoms with Gasteiger partial charge in [-0.3, -0.25) is 0 Å². The number of benzene rings is 2. The Morgan fingerprint density at radius 2 is 1.65 bits per heavy atom. The molecule has 3 aromatic heterocycles. The smallest absolute Gasteiger partial charge is 0.253 e. The molecule has 0 fully saturated rings. The zero-order chi connectivity index (χ0) is 21.2. The van der Waals surface area contributed by atoms with E-state index in [1.54, 1.807) is 11.8 Å². The summed E-state index contributed by atoms with van der Waals surface area (Å²) in [5.74, 6) is 2.07. The highest BCUT2D eigenvalue weighted by Crippen LogP contribution is 2.34. The van der Waals surface area contributed by atoms with Gasteiger partial charge in [-0.25, -0.2) is 4.98 Å². The Morgan fingerprint density at radius 1 is 0.935 bits per heavy atom. The molecule has 5 rings (SSSR count). The van der Waals surface area contributed by atoms with E-state index >= 15 is 0 Å². The highest BCUT2D eigenvalue weighted by molar-refractivity contribution is 7.98. The molecule has 5 aromatic rings. The Balaban J connectivity index is 1.36. The second kappa shape index (κ2) is 8.23. The fourth-order valence-corrected chi connectivity index (χ4v) is 4.15. The maximum atomic E-state index is 5.94. The summed E-state index contributed by atoms with van der Waals surface area (Å²) in [5.41, 5.74) is 4.53. The minimum Gasteiger partial charge on any atom is -0.420 e. The lowest BCUT2D eigenvalue weighted by atomic mass is 10.1. The molecule has 0 radical (unpaired) electrons. The lowest BCUT2D eigenvalue weighted by Crippen LogP contribution is -1.94. The van der Waals surface area contributed by atoms with Crippen molar-refractivity contribution in [3.63, 3.8) is 0 Å². The Kier molecular flexibility index (Phi) is 5.13. The Labute approximate surface area is 183 Å². The molecule has 0 amide bonds. The average molecular weight is 430 g/mol. The largest absolute Gasteiger partial charge is 0.420 e. The molecule has 0 aliphatic heterocycles. The Hall–Kier alpha value is -3.65. The van der Waals surface area contributed by atoms with Crippen molar-refractivity contribution in [2.45, 2.75) is 17.8 Å². The number of nitrogens with zero attached hydrogens (tertiary/aromatic N) is 5. The van der Waals surface area contributed by atoms with Gasteiger partial charge in [0.05, 0.1) is 17.6 Å². The summed E-state index contributed by atoms with van der Waals surface area (Å²) >= 11 is 1.55. The second-order valence-electron chi connectivity index (χ2n) is 6.97. The molecule has 154 valence electrons. The van der Waals surface area contributed by atoms with E-state index in [0.29, 0.717) is 29.0 Å². The van der Waals surface area contributed by atoms with Gasteiger partial charge in [-0.2, -0.15) is 0 Å². The van der Waals surface area contributed by atoms with Gasteiger partial charge < -0.3 is 13.5 Å². The standard InChI is InChI=1S/C23H19N5O2S/c1-15-20(21(27-30-15)17-11-7-4-8-12-17)22-26-25-19(29-22)14-31-23-24-13-18(28(23)2)16-9-5-3-6-10-16/h3-13H,14H2,1-2H3. The molecule has 0 saturated carbocycles. The molecule has 0 unspecified atom stereocenters. The SMILES string of the molecule is Cc1onc(-c2ccccc2)c1-c1nnc(CSc2ncc(-c3ccccc3)n2C)o1. The quantitative estimate of drug-likeness (QED) is 0.335. The second-order valence-corrected chi connectivity index (χ2v) is 7.91. The number of hydrogen-bond acceptors (Lipinski definition) is 7. The van der Waals surface area contributed by atoms with E-state index in [9.17, 15) is 0 Å². The third-order valence-corrected chi connectivity index (χ3v) is 5.96. The van der Waals surface area contributed by atoms with Crippen LogP contribution in [0.25, 0.3) is 34.0 Å². The normalized spacial score (nSPS) is 11.2. The summed E-state index contributed by atoms with van der Waals surface area (Å²) in [4.78, 5) is 4.54. The van der Waals surface area contributed by atoms with Gasteiger partial charge in [-0.1, -0.05) is 77.6 Å². The van der Waals surface area contributed by atoms with Gasteiger partial charge in [0.25, 0.3) is 5.89 Å². The minimum atomic E-state index is 0.401. The van der Waals surface area contributed by atoms with Crippen LogP contribution in [-0.4, -0.2) is 24.9 Å². The monoisotopic (exact) mass is 429 g/mol. The van der Waals surface area contributed by atoms with Crippen LogP contribution in [0.2, 0.25) is 0 Å². The van der Waals surface area contributed by atoms with E-state index in [0.717, 1.165) is 27.5 Å². The van der Waals surface area contributed by atoms with Crippen LogP contribution in [0.3, 0.4) is 0 Å². The van der Waals surface area contributed by atoms with Gasteiger partial charge in [0.2, 0.25) is 5.89 Å². The van der Waals surface area contributed by atoms with Crippen molar-refractivity contribution in [1.29, 1.82) is 0 Å². The maximum absolute atomic E-state index is 5.94. The van der Waals surface area contributed by atoms with Crippen LogP contribution in [0.15, 0.2) is 81.0 Å². The van der Waals surface area contributed by atoms with Crippen molar-refractivity contribution in [1.82, 2.24) is 24.9 Å². The fourth-order valence-electron chi connectivity index (χ4n) is 3.36. The summed E-state index contributed by atoms with van der Waals surface area (Å²) in [6, 6.07) is 20.0. The predicted molar refractivity (Wildman–Crippen MR) is 118 cm³/mol. The van der Waals surface area contributed by atoms with Gasteiger partial charge in [0.1, 0.15) is 17.0 Å². The molecule has 0 spiro atoms. The Bertz CT molecular complexity index is 1310. The summed E-state index contributed by atoms with van der Waals surface area (Å²) in [6.45, 7) is 1.84. The van der Waals surface area contributed by atoms with Crippen LogP contribution >= 0.6 is 11.8 Å². The molecule has 3 heterocycles. The number of thioether (sulfide) groups is 1. The lowest BCUT2D eigenvalue weighted by Gasteiger charge is -2.04. The van der Waals surface area contributed by atoms with Crippen molar-refractivity contribution in [3.05, 3.63) is 78.5 Å². The zero-order valence-electron chi connectivity index (χ0n) is 17.0. The first-order chi connectivity index (χ1) is 15.2. The van der Waals surface area contributed by atoms with Crippen molar-refractivity contribution in [2.75, 3.05) is 0 Å². The zero-order valence-corrected chi connectivity index (χ0v) is 17.8. The van der Waals surface area contributed by atoms with Crippen molar-refractivity contribution < 1.29 is 8.94 Å². The molecule has 0 aliphatic rings. The number of aryl methyl sites for hydroxylation is 1. The van der Waals surface area contributed by atoms with Gasteiger partial charge >= 0.3 is 0 Å². The average Bonchev–Trinajstić information content (AvgIpc) is 3.52. The topological polar surface area (TPSA) is 82.8 Å². The summed E-state index contributed by atoms with van der Waals surface area (Å²) < 4.78 is 13.4. The van der Waals surface area contributed by atoms with E-state index in [-0.39, 0.29) is 0 Å². The molecule has 0 saturated heterocycles. The van der Waals surface area contributed by atoms with Crippen LogP contribution < -0.4 is 0 Å². The molecule has 2 aromatic carbocycles. The van der Waals surface area contributed by atoms with Gasteiger partial charge in [0, 0.05) is 12.6 Å². The number of aromatic nitrogens is 5. The first-order valence-corrected chi connectivity index (χ1v) is 10.7. The van der Waals surface area contributed by atoms with Crippen molar-refractivity contribution in [3.8, 4) is 34.0 Å². The predicted octanol–water partition coefficient (Wildman–Crippen LogP) is 5.39. The molecule has 31 heavy (non-hydrogen) atoms. The lowest BCUT2D eigenvalue weighted by molar-refractivity contribution is 0.399. The van der Waals surface area contributed by atoms with E-state index in [4.69, 9.17) is 8.94 Å². The van der Waals surface area contributed by atoms with Crippen LogP contribution in [0, 0.1) is 6.92 Å². The van der Waals surface area contributed by atoms with Crippen molar-refractivity contribution in [2.24, 2.45) is 7.05 Å². The molecular formula is C23H19N5O2S. The third kappa shape index (κ3) is 3.77. The first-order valence-electron chi connectivity index (χ1n) is 9.75. The van der Waals surface area contributed by atoms with Gasteiger partial charge in [-0.05, 0) is 12.5 Å². The molecule has 0 aliphatic carbocycles. The fraction of sp³-hybridized carbons (Fsp3) is 0.130. The van der Waals surface area contributed by atoms with E-state index < -0.39 is 0 Å². The van der Waals surface area contributed by atoms with E-state index in [2.05, 4.69) is 37.0 Å². The Morgan fingerprint density at radius 3 is 2.39 bits per heavy atom. The van der Waals surface area contributed by atoms with Gasteiger partial charge in [0.15, 0.2) is 5.16 Å². The summed E-state index contributed by atoms with van der Waals surface area (Å²) in [7, 11) is 2.00. The number of rotatable bonds is 6. The van der Waals surface area contributed by atoms with E-state index in [1.165, 1.54) is 0 Å². The van der Waals surface area contributed by atoms with E-state index in [1.807, 2.05) is 68.7 Å². The molecule has 8 heteroatoms.